The summed E-state index contributed by atoms with van der Waals surface area (Å²) in [5, 5.41) is 0. The second kappa shape index (κ2) is 5.39. The number of imidazole rings is 1. The molecule has 0 N–H and O–H groups in total. The standard InChI is InChI=1S/C18H27N3O/c22-16(18(7-8-18)14-20-12-10-19-15-20)21-11-9-17(13-21)5-3-1-2-4-6-17/h10,12,15H,1-9,11,13-14H2. The molecule has 0 unspecified atom stereocenters. The van der Waals surface area contributed by atoms with Crippen LogP contribution in [0.4, 0.5) is 0 Å². The summed E-state index contributed by atoms with van der Waals surface area (Å²) in [5.74, 6) is 0.419. The number of hydrogen-bond acceptors (Lipinski definition) is 2. The van der Waals surface area contributed by atoms with Gasteiger partial charge in [-0.2, -0.15) is 0 Å². The van der Waals surface area contributed by atoms with E-state index in [1.165, 1.54) is 44.9 Å². The summed E-state index contributed by atoms with van der Waals surface area (Å²) in [4.78, 5) is 19.4. The minimum absolute atomic E-state index is 0.114. The summed E-state index contributed by atoms with van der Waals surface area (Å²) < 4.78 is 2.07. The molecule has 3 fully saturated rings. The first-order chi connectivity index (χ1) is 10.7. The Hall–Kier alpha value is -1.32. The molecule has 0 bridgehead atoms. The molecule has 1 aromatic rings. The third-order valence-corrected chi connectivity index (χ3v) is 6.24. The van der Waals surface area contributed by atoms with Crippen LogP contribution in [-0.2, 0) is 11.3 Å². The van der Waals surface area contributed by atoms with Crippen LogP contribution >= 0.6 is 0 Å². The SMILES string of the molecule is O=C(N1CCC2(CCCCCC2)C1)C1(Cn2ccnc2)CC1. The van der Waals surface area contributed by atoms with Crippen LogP contribution in [0.15, 0.2) is 18.7 Å². The highest BCUT2D eigenvalue weighted by atomic mass is 16.2. The van der Waals surface area contributed by atoms with Gasteiger partial charge in [-0.15, -0.1) is 0 Å². The summed E-state index contributed by atoms with van der Waals surface area (Å²) in [6.07, 6.45) is 17.1. The summed E-state index contributed by atoms with van der Waals surface area (Å²) in [6.45, 7) is 2.83. The zero-order chi connectivity index (χ0) is 15.0. The Morgan fingerprint density at radius 2 is 1.82 bits per heavy atom. The predicted molar refractivity (Wildman–Crippen MR) is 85.2 cm³/mol. The first-order valence-corrected chi connectivity index (χ1v) is 8.97. The quantitative estimate of drug-likeness (QED) is 0.859. The van der Waals surface area contributed by atoms with Crippen molar-refractivity contribution < 1.29 is 4.79 Å². The minimum Gasteiger partial charge on any atom is -0.342 e. The van der Waals surface area contributed by atoms with Crippen molar-refractivity contribution in [2.75, 3.05) is 13.1 Å². The highest BCUT2D eigenvalue weighted by Crippen LogP contribution is 2.51. The first kappa shape index (κ1) is 14.3. The zero-order valence-electron chi connectivity index (χ0n) is 13.5. The van der Waals surface area contributed by atoms with Crippen LogP contribution in [0.1, 0.15) is 57.8 Å². The molecule has 4 nitrogen and oxygen atoms in total. The van der Waals surface area contributed by atoms with Crippen molar-refractivity contribution in [2.24, 2.45) is 10.8 Å². The highest BCUT2D eigenvalue weighted by molar-refractivity contribution is 5.85. The van der Waals surface area contributed by atoms with E-state index in [9.17, 15) is 4.79 Å². The monoisotopic (exact) mass is 301 g/mol. The van der Waals surface area contributed by atoms with E-state index in [-0.39, 0.29) is 5.41 Å². The second-order valence-electron chi connectivity index (χ2n) is 7.91. The van der Waals surface area contributed by atoms with Gasteiger partial charge < -0.3 is 9.47 Å². The maximum atomic E-state index is 13.1. The molecule has 1 aliphatic heterocycles. The lowest BCUT2D eigenvalue weighted by atomic mass is 9.80. The van der Waals surface area contributed by atoms with E-state index < -0.39 is 0 Å². The fourth-order valence-corrected chi connectivity index (χ4v) is 4.65. The van der Waals surface area contributed by atoms with Gasteiger partial charge in [0.05, 0.1) is 11.7 Å². The summed E-state index contributed by atoms with van der Waals surface area (Å²) in [5.41, 5.74) is 0.341. The van der Waals surface area contributed by atoms with E-state index in [4.69, 9.17) is 0 Å². The van der Waals surface area contributed by atoms with Crippen molar-refractivity contribution in [3.05, 3.63) is 18.7 Å². The van der Waals surface area contributed by atoms with Crippen LogP contribution in [0.25, 0.3) is 0 Å². The molecule has 1 amide bonds. The van der Waals surface area contributed by atoms with Gasteiger partial charge in [-0.1, -0.05) is 25.7 Å². The van der Waals surface area contributed by atoms with Crippen LogP contribution in [0, 0.1) is 10.8 Å². The smallest absolute Gasteiger partial charge is 0.230 e. The predicted octanol–water partition coefficient (Wildman–Crippen LogP) is 3.24. The fraction of sp³-hybridized carbons (Fsp3) is 0.778. The van der Waals surface area contributed by atoms with Crippen LogP contribution in [0.3, 0.4) is 0 Å². The molecule has 4 heteroatoms. The number of carbonyl (C=O) groups excluding carboxylic acids is 1. The highest BCUT2D eigenvalue weighted by Gasteiger charge is 2.54. The van der Waals surface area contributed by atoms with Gasteiger partial charge in [-0.3, -0.25) is 4.79 Å². The first-order valence-electron chi connectivity index (χ1n) is 8.97. The molecule has 1 spiro atoms. The fourth-order valence-electron chi connectivity index (χ4n) is 4.65. The lowest BCUT2D eigenvalue weighted by molar-refractivity contribution is -0.137. The Morgan fingerprint density at radius 1 is 1.05 bits per heavy atom. The van der Waals surface area contributed by atoms with Gasteiger partial charge in [-0.05, 0) is 37.5 Å². The molecule has 4 rings (SSSR count). The maximum absolute atomic E-state index is 13.1. The molecule has 1 saturated heterocycles. The molecule has 2 aliphatic carbocycles. The van der Waals surface area contributed by atoms with Crippen molar-refractivity contribution in [1.82, 2.24) is 14.5 Å². The van der Waals surface area contributed by atoms with Gasteiger partial charge in [0.15, 0.2) is 0 Å². The summed E-state index contributed by atoms with van der Waals surface area (Å²) in [6, 6.07) is 0. The Bertz CT molecular complexity index is 525. The molecule has 120 valence electrons. The number of rotatable bonds is 3. The van der Waals surface area contributed by atoms with E-state index in [2.05, 4.69) is 14.5 Å². The van der Waals surface area contributed by atoms with Crippen LogP contribution < -0.4 is 0 Å². The van der Waals surface area contributed by atoms with Crippen LogP contribution in [0.2, 0.25) is 0 Å². The Kier molecular flexibility index (Phi) is 3.50. The molecule has 2 heterocycles. The number of nitrogens with zero attached hydrogens (tertiary/aromatic N) is 3. The largest absolute Gasteiger partial charge is 0.342 e. The zero-order valence-corrected chi connectivity index (χ0v) is 13.5. The van der Waals surface area contributed by atoms with Crippen molar-refractivity contribution in [3.8, 4) is 0 Å². The molecular formula is C18H27N3O. The van der Waals surface area contributed by atoms with E-state index in [1.807, 2.05) is 12.5 Å². The van der Waals surface area contributed by atoms with Gasteiger partial charge in [0.1, 0.15) is 0 Å². The van der Waals surface area contributed by atoms with Crippen molar-refractivity contribution in [1.29, 1.82) is 0 Å². The average Bonchev–Trinajstić information content (AvgIpc) is 2.99. The topological polar surface area (TPSA) is 38.1 Å². The number of aromatic nitrogens is 2. The number of hydrogen-bond donors (Lipinski definition) is 0. The molecule has 0 atom stereocenters. The van der Waals surface area contributed by atoms with E-state index >= 15 is 0 Å². The third kappa shape index (κ3) is 2.57. The maximum Gasteiger partial charge on any atom is 0.230 e. The Morgan fingerprint density at radius 3 is 2.45 bits per heavy atom. The van der Waals surface area contributed by atoms with Crippen molar-refractivity contribution in [3.63, 3.8) is 0 Å². The van der Waals surface area contributed by atoms with E-state index in [1.54, 1.807) is 6.20 Å². The van der Waals surface area contributed by atoms with Crippen molar-refractivity contribution >= 4 is 5.91 Å². The number of carbonyl (C=O) groups is 1. The van der Waals surface area contributed by atoms with Crippen LogP contribution in [0.5, 0.6) is 0 Å². The summed E-state index contributed by atoms with van der Waals surface area (Å²) >= 11 is 0. The minimum atomic E-state index is -0.114. The molecule has 1 aromatic heterocycles. The van der Waals surface area contributed by atoms with Gasteiger partial charge in [0.25, 0.3) is 0 Å². The lowest BCUT2D eigenvalue weighted by Crippen LogP contribution is -2.39. The third-order valence-electron chi connectivity index (χ3n) is 6.24. The molecule has 22 heavy (non-hydrogen) atoms. The number of likely N-dealkylation sites (tertiary alicyclic amines) is 1. The molecule has 0 radical (unpaired) electrons. The van der Waals surface area contributed by atoms with Gasteiger partial charge in [-0.25, -0.2) is 4.98 Å². The summed E-state index contributed by atoms with van der Waals surface area (Å²) in [7, 11) is 0. The second-order valence-corrected chi connectivity index (χ2v) is 7.91. The van der Waals surface area contributed by atoms with E-state index in [0.717, 1.165) is 32.5 Å². The van der Waals surface area contributed by atoms with Gasteiger partial charge in [0, 0.05) is 32.0 Å². The Labute approximate surface area is 132 Å². The van der Waals surface area contributed by atoms with E-state index in [0.29, 0.717) is 11.3 Å². The number of amides is 1. The average molecular weight is 301 g/mol. The molecule has 0 aromatic carbocycles. The Balaban J connectivity index is 1.43. The normalized spacial score (nSPS) is 26.1. The molecular weight excluding hydrogens is 274 g/mol. The van der Waals surface area contributed by atoms with Crippen molar-refractivity contribution in [2.45, 2.75) is 64.3 Å². The van der Waals surface area contributed by atoms with Gasteiger partial charge in [0.2, 0.25) is 5.91 Å². The molecule has 3 aliphatic rings. The molecule has 2 saturated carbocycles. The van der Waals surface area contributed by atoms with Crippen LogP contribution in [-0.4, -0.2) is 33.4 Å². The lowest BCUT2D eigenvalue weighted by Gasteiger charge is -2.29. The van der Waals surface area contributed by atoms with Gasteiger partial charge >= 0.3 is 0 Å².